The number of benzene rings is 1. The minimum Gasteiger partial charge on any atom is -0.445 e. The molecule has 78 valence electrons. The fraction of sp³-hybridized carbons (Fsp3) is 0.182. The number of hydrogen-bond donors (Lipinski definition) is 2. The summed E-state index contributed by atoms with van der Waals surface area (Å²) in [6.07, 6.45) is 3.13. The Kier molecular flexibility index (Phi) is 2.80. The maximum absolute atomic E-state index is 8.89. The SMILES string of the molecule is NC(CO)c1ccc(-c2ncco2)cc1. The van der Waals surface area contributed by atoms with Crippen LogP contribution in [0.2, 0.25) is 0 Å². The third-order valence-corrected chi connectivity index (χ3v) is 2.21. The zero-order valence-corrected chi connectivity index (χ0v) is 8.13. The fourth-order valence-corrected chi connectivity index (χ4v) is 1.34. The lowest BCUT2D eigenvalue weighted by atomic mass is 10.1. The molecule has 3 N–H and O–H groups in total. The second-order valence-electron chi connectivity index (χ2n) is 3.25. The summed E-state index contributed by atoms with van der Waals surface area (Å²) in [7, 11) is 0. The monoisotopic (exact) mass is 204 g/mol. The Balaban J connectivity index is 2.25. The molecule has 1 aromatic heterocycles. The minimum absolute atomic E-state index is 0.0572. The van der Waals surface area contributed by atoms with Crippen molar-refractivity contribution in [3.63, 3.8) is 0 Å². The van der Waals surface area contributed by atoms with Gasteiger partial charge in [-0.05, 0) is 17.7 Å². The first-order valence-corrected chi connectivity index (χ1v) is 4.67. The van der Waals surface area contributed by atoms with Gasteiger partial charge in [0.05, 0.1) is 18.8 Å². The molecular formula is C11H12N2O2. The summed E-state index contributed by atoms with van der Waals surface area (Å²) >= 11 is 0. The highest BCUT2D eigenvalue weighted by atomic mass is 16.3. The Bertz CT molecular complexity index is 409. The van der Waals surface area contributed by atoms with E-state index in [1.54, 1.807) is 6.20 Å². The van der Waals surface area contributed by atoms with Crippen molar-refractivity contribution in [2.75, 3.05) is 6.61 Å². The summed E-state index contributed by atoms with van der Waals surface area (Å²) in [5.74, 6) is 0.583. The molecule has 15 heavy (non-hydrogen) atoms. The number of aromatic nitrogens is 1. The highest BCUT2D eigenvalue weighted by Crippen LogP contribution is 2.19. The van der Waals surface area contributed by atoms with Crippen LogP contribution < -0.4 is 5.73 Å². The van der Waals surface area contributed by atoms with Gasteiger partial charge in [0.25, 0.3) is 0 Å². The number of nitrogens with two attached hydrogens (primary N) is 1. The molecule has 0 saturated heterocycles. The fourth-order valence-electron chi connectivity index (χ4n) is 1.34. The maximum atomic E-state index is 8.89. The lowest BCUT2D eigenvalue weighted by Crippen LogP contribution is -2.14. The summed E-state index contributed by atoms with van der Waals surface area (Å²) in [5, 5.41) is 8.89. The molecule has 2 rings (SSSR count). The Labute approximate surface area is 87.4 Å². The van der Waals surface area contributed by atoms with Gasteiger partial charge < -0.3 is 15.3 Å². The van der Waals surface area contributed by atoms with Crippen LogP contribution in [0.3, 0.4) is 0 Å². The van der Waals surface area contributed by atoms with Gasteiger partial charge in [0.15, 0.2) is 0 Å². The topological polar surface area (TPSA) is 72.3 Å². The van der Waals surface area contributed by atoms with Gasteiger partial charge in [0.1, 0.15) is 6.26 Å². The molecule has 4 heteroatoms. The van der Waals surface area contributed by atoms with Crippen LogP contribution in [0.25, 0.3) is 11.5 Å². The smallest absolute Gasteiger partial charge is 0.225 e. The van der Waals surface area contributed by atoms with E-state index in [0.29, 0.717) is 5.89 Å². The summed E-state index contributed by atoms with van der Waals surface area (Å²) in [6.45, 7) is -0.0572. The van der Waals surface area contributed by atoms with Crippen molar-refractivity contribution >= 4 is 0 Å². The molecule has 1 heterocycles. The quantitative estimate of drug-likeness (QED) is 0.791. The summed E-state index contributed by atoms with van der Waals surface area (Å²) < 4.78 is 5.15. The zero-order chi connectivity index (χ0) is 10.7. The lowest BCUT2D eigenvalue weighted by Gasteiger charge is -2.08. The molecule has 1 atom stereocenters. The predicted octanol–water partition coefficient (Wildman–Crippen LogP) is 1.33. The van der Waals surface area contributed by atoms with Crippen molar-refractivity contribution in [2.45, 2.75) is 6.04 Å². The number of aliphatic hydroxyl groups is 1. The number of hydrogen-bond acceptors (Lipinski definition) is 4. The molecule has 0 fully saturated rings. The summed E-state index contributed by atoms with van der Waals surface area (Å²) in [6, 6.07) is 7.14. The zero-order valence-electron chi connectivity index (χ0n) is 8.13. The molecule has 1 unspecified atom stereocenters. The van der Waals surface area contributed by atoms with Gasteiger partial charge in [-0.1, -0.05) is 12.1 Å². The van der Waals surface area contributed by atoms with Crippen LogP contribution in [-0.2, 0) is 0 Å². The van der Waals surface area contributed by atoms with Crippen LogP contribution >= 0.6 is 0 Å². The van der Waals surface area contributed by atoms with Crippen LogP contribution in [0.5, 0.6) is 0 Å². The Morgan fingerprint density at radius 1 is 1.33 bits per heavy atom. The van der Waals surface area contributed by atoms with Gasteiger partial charge in [-0.15, -0.1) is 0 Å². The Morgan fingerprint density at radius 2 is 2.07 bits per heavy atom. The number of rotatable bonds is 3. The second kappa shape index (κ2) is 4.25. The molecule has 0 radical (unpaired) electrons. The predicted molar refractivity (Wildman–Crippen MR) is 56.0 cm³/mol. The van der Waals surface area contributed by atoms with Gasteiger partial charge in [-0.3, -0.25) is 0 Å². The normalized spacial score (nSPS) is 12.7. The van der Waals surface area contributed by atoms with Crippen molar-refractivity contribution < 1.29 is 9.52 Å². The van der Waals surface area contributed by atoms with Crippen LogP contribution in [0.1, 0.15) is 11.6 Å². The first kappa shape index (κ1) is 9.89. The van der Waals surface area contributed by atoms with Gasteiger partial charge >= 0.3 is 0 Å². The standard InChI is InChI=1S/C11H12N2O2/c12-10(7-14)8-1-3-9(4-2-8)11-13-5-6-15-11/h1-6,10,14H,7,12H2. The average molecular weight is 204 g/mol. The average Bonchev–Trinajstić information content (AvgIpc) is 2.82. The molecule has 1 aromatic carbocycles. The van der Waals surface area contributed by atoms with Crippen molar-refractivity contribution in [1.82, 2.24) is 4.98 Å². The molecule has 0 aliphatic heterocycles. The second-order valence-corrected chi connectivity index (χ2v) is 3.25. The van der Waals surface area contributed by atoms with E-state index in [2.05, 4.69) is 4.98 Å². The van der Waals surface area contributed by atoms with E-state index in [1.165, 1.54) is 6.26 Å². The van der Waals surface area contributed by atoms with E-state index in [4.69, 9.17) is 15.3 Å². The largest absolute Gasteiger partial charge is 0.445 e. The van der Waals surface area contributed by atoms with E-state index in [9.17, 15) is 0 Å². The van der Waals surface area contributed by atoms with E-state index in [0.717, 1.165) is 11.1 Å². The van der Waals surface area contributed by atoms with Crippen LogP contribution in [0.4, 0.5) is 0 Å². The molecule has 2 aromatic rings. The van der Waals surface area contributed by atoms with Gasteiger partial charge in [-0.2, -0.15) is 0 Å². The number of oxazole rings is 1. The third kappa shape index (κ3) is 2.06. The Hall–Kier alpha value is -1.65. The highest BCUT2D eigenvalue weighted by molar-refractivity contribution is 5.53. The van der Waals surface area contributed by atoms with Crippen LogP contribution in [0, 0.1) is 0 Å². The van der Waals surface area contributed by atoms with Gasteiger partial charge in [0.2, 0.25) is 5.89 Å². The first-order valence-electron chi connectivity index (χ1n) is 4.67. The number of nitrogens with zero attached hydrogens (tertiary/aromatic N) is 1. The molecule has 0 saturated carbocycles. The molecule has 0 spiro atoms. The highest BCUT2D eigenvalue weighted by Gasteiger charge is 2.06. The molecule has 0 aliphatic carbocycles. The van der Waals surface area contributed by atoms with Crippen LogP contribution in [-0.4, -0.2) is 16.7 Å². The Morgan fingerprint density at radius 3 is 2.60 bits per heavy atom. The first-order chi connectivity index (χ1) is 7.31. The van der Waals surface area contributed by atoms with Crippen LogP contribution in [0.15, 0.2) is 41.1 Å². The third-order valence-electron chi connectivity index (χ3n) is 2.21. The van der Waals surface area contributed by atoms with Gasteiger partial charge in [-0.25, -0.2) is 4.98 Å². The number of aliphatic hydroxyl groups excluding tert-OH is 1. The molecule has 0 bridgehead atoms. The lowest BCUT2D eigenvalue weighted by molar-refractivity contribution is 0.268. The van der Waals surface area contributed by atoms with Gasteiger partial charge in [0, 0.05) is 5.56 Å². The molecular weight excluding hydrogens is 192 g/mol. The molecule has 0 aliphatic rings. The summed E-state index contributed by atoms with van der Waals surface area (Å²) in [4.78, 5) is 4.03. The summed E-state index contributed by atoms with van der Waals surface area (Å²) in [5.41, 5.74) is 7.47. The van der Waals surface area contributed by atoms with E-state index < -0.39 is 0 Å². The maximum Gasteiger partial charge on any atom is 0.225 e. The molecule has 4 nitrogen and oxygen atoms in total. The van der Waals surface area contributed by atoms with E-state index >= 15 is 0 Å². The van der Waals surface area contributed by atoms with Crippen molar-refractivity contribution in [3.05, 3.63) is 42.3 Å². The van der Waals surface area contributed by atoms with E-state index in [1.807, 2.05) is 24.3 Å². The molecule has 0 amide bonds. The van der Waals surface area contributed by atoms with Crippen molar-refractivity contribution in [2.24, 2.45) is 5.73 Å². The minimum atomic E-state index is -0.330. The van der Waals surface area contributed by atoms with Crippen molar-refractivity contribution in [1.29, 1.82) is 0 Å². The van der Waals surface area contributed by atoms with Crippen molar-refractivity contribution in [3.8, 4) is 11.5 Å². The van der Waals surface area contributed by atoms with E-state index in [-0.39, 0.29) is 12.6 Å².